The molecule has 1 rings (SSSR count). The van der Waals surface area contributed by atoms with Gasteiger partial charge in [0.05, 0.1) is 22.5 Å². The fourth-order valence-electron chi connectivity index (χ4n) is 1.56. The number of nitro groups is 2. The monoisotopic (exact) mass is 295 g/mol. The molecule has 0 aliphatic rings. The van der Waals surface area contributed by atoms with Crippen molar-refractivity contribution in [2.45, 2.75) is 0 Å². The Kier molecular flexibility index (Phi) is 4.95. The first-order chi connectivity index (χ1) is 9.77. The van der Waals surface area contributed by atoms with Crippen LogP contribution < -0.4 is 0 Å². The summed E-state index contributed by atoms with van der Waals surface area (Å²) in [5.74, 6) is -0.885. The van der Waals surface area contributed by atoms with Crippen LogP contribution in [0.4, 0.5) is 11.4 Å². The highest BCUT2D eigenvalue weighted by atomic mass is 16.6. The van der Waals surface area contributed by atoms with E-state index >= 15 is 0 Å². The van der Waals surface area contributed by atoms with Crippen LogP contribution in [0.25, 0.3) is 6.08 Å². The Balaban J connectivity index is 3.62. The molecule has 0 spiro atoms. The summed E-state index contributed by atoms with van der Waals surface area (Å²) >= 11 is 0. The lowest BCUT2D eigenvalue weighted by Gasteiger charge is -2.06. The number of hydrogen-bond donors (Lipinski definition) is 0. The van der Waals surface area contributed by atoms with E-state index in [1.165, 1.54) is 12.3 Å². The largest absolute Gasteiger partial charge is 0.465 e. The molecule has 0 amide bonds. The van der Waals surface area contributed by atoms with E-state index in [-0.39, 0.29) is 11.1 Å². The van der Waals surface area contributed by atoms with E-state index in [9.17, 15) is 25.0 Å². The number of methoxy groups -OCH3 is 1. The standard InChI is InChI=1S/C12H13N3O6/c1-13(2)5-4-9-10(14(17)18)6-8(12(16)21-3)7-11(9)15(19)20/h4-7H,1-3H3. The average molecular weight is 295 g/mol. The van der Waals surface area contributed by atoms with Crippen LogP contribution in [0.5, 0.6) is 0 Å². The summed E-state index contributed by atoms with van der Waals surface area (Å²) in [6.07, 6.45) is 2.68. The lowest BCUT2D eigenvalue weighted by atomic mass is 10.1. The maximum Gasteiger partial charge on any atom is 0.338 e. The molecule has 0 aliphatic carbocycles. The van der Waals surface area contributed by atoms with Gasteiger partial charge in [0.15, 0.2) is 0 Å². The minimum atomic E-state index is -0.885. The molecule has 112 valence electrons. The highest BCUT2D eigenvalue weighted by Gasteiger charge is 2.27. The maximum atomic E-state index is 11.4. The van der Waals surface area contributed by atoms with E-state index < -0.39 is 27.2 Å². The minimum absolute atomic E-state index is 0.189. The zero-order chi connectivity index (χ0) is 16.2. The molecule has 1 aromatic rings. The van der Waals surface area contributed by atoms with Crippen LogP contribution in [0, 0.1) is 20.2 Å². The predicted molar refractivity (Wildman–Crippen MR) is 73.8 cm³/mol. The first-order valence-electron chi connectivity index (χ1n) is 5.67. The quantitative estimate of drug-likeness (QED) is 0.462. The molecule has 0 bridgehead atoms. The number of esters is 1. The number of carbonyl (C=O) groups excluding carboxylic acids is 1. The molecule has 0 aliphatic heterocycles. The fraction of sp³-hybridized carbons (Fsp3) is 0.250. The van der Waals surface area contributed by atoms with Crippen molar-refractivity contribution in [1.29, 1.82) is 0 Å². The van der Waals surface area contributed by atoms with E-state index in [0.717, 1.165) is 19.2 Å². The van der Waals surface area contributed by atoms with Gasteiger partial charge in [0.2, 0.25) is 0 Å². The summed E-state index contributed by atoms with van der Waals surface area (Å²) in [5, 5.41) is 22.2. The van der Waals surface area contributed by atoms with Crippen LogP contribution in [-0.4, -0.2) is 41.9 Å². The van der Waals surface area contributed by atoms with Gasteiger partial charge in [0.1, 0.15) is 5.56 Å². The van der Waals surface area contributed by atoms with Crippen LogP contribution in [0.15, 0.2) is 18.3 Å². The van der Waals surface area contributed by atoms with Gasteiger partial charge in [-0.05, 0) is 12.3 Å². The Morgan fingerprint density at radius 1 is 1.19 bits per heavy atom. The zero-order valence-electron chi connectivity index (χ0n) is 11.6. The normalized spacial score (nSPS) is 10.4. The molecule has 0 aromatic heterocycles. The number of rotatable bonds is 5. The third-order valence-corrected chi connectivity index (χ3v) is 2.49. The summed E-state index contributed by atoms with van der Waals surface area (Å²) in [4.78, 5) is 33.6. The maximum absolute atomic E-state index is 11.4. The van der Waals surface area contributed by atoms with Gasteiger partial charge in [-0.1, -0.05) is 0 Å². The van der Waals surface area contributed by atoms with Crippen molar-refractivity contribution in [3.8, 4) is 0 Å². The van der Waals surface area contributed by atoms with Gasteiger partial charge in [-0.2, -0.15) is 0 Å². The molecule has 1 aromatic carbocycles. The lowest BCUT2D eigenvalue weighted by Crippen LogP contribution is -2.06. The van der Waals surface area contributed by atoms with Crippen LogP contribution in [-0.2, 0) is 4.74 Å². The molecule has 9 nitrogen and oxygen atoms in total. The molecular formula is C12H13N3O6. The smallest absolute Gasteiger partial charge is 0.338 e. The van der Waals surface area contributed by atoms with Crippen molar-refractivity contribution >= 4 is 23.4 Å². The van der Waals surface area contributed by atoms with E-state index in [2.05, 4.69) is 4.74 Å². The predicted octanol–water partition coefficient (Wildman–Crippen LogP) is 1.82. The van der Waals surface area contributed by atoms with E-state index in [4.69, 9.17) is 0 Å². The first kappa shape index (κ1) is 16.1. The van der Waals surface area contributed by atoms with E-state index in [1.54, 1.807) is 19.0 Å². The minimum Gasteiger partial charge on any atom is -0.465 e. The number of ether oxygens (including phenoxy) is 1. The number of hydrogen-bond acceptors (Lipinski definition) is 7. The van der Waals surface area contributed by atoms with Gasteiger partial charge in [-0.25, -0.2) is 4.79 Å². The highest BCUT2D eigenvalue weighted by molar-refractivity contribution is 5.92. The van der Waals surface area contributed by atoms with Crippen LogP contribution >= 0.6 is 0 Å². The Morgan fingerprint density at radius 2 is 1.67 bits per heavy atom. The van der Waals surface area contributed by atoms with Crippen LogP contribution in [0.3, 0.4) is 0 Å². The molecule has 0 unspecified atom stereocenters. The Labute approximate surface area is 119 Å². The molecule has 9 heteroatoms. The Morgan fingerprint density at radius 3 is 2.00 bits per heavy atom. The third-order valence-electron chi connectivity index (χ3n) is 2.49. The van der Waals surface area contributed by atoms with Crippen molar-refractivity contribution < 1.29 is 19.4 Å². The van der Waals surface area contributed by atoms with Gasteiger partial charge in [0, 0.05) is 26.2 Å². The summed E-state index contributed by atoms with van der Waals surface area (Å²) in [5.41, 5.74) is -1.52. The summed E-state index contributed by atoms with van der Waals surface area (Å²) in [7, 11) is 4.41. The third kappa shape index (κ3) is 3.75. The summed E-state index contributed by atoms with van der Waals surface area (Å²) in [6.45, 7) is 0. The van der Waals surface area contributed by atoms with Gasteiger partial charge >= 0.3 is 5.97 Å². The molecule has 0 saturated carbocycles. The number of nitro benzene ring substituents is 2. The second-order valence-corrected chi connectivity index (χ2v) is 4.21. The molecule has 0 N–H and O–H groups in total. The second kappa shape index (κ2) is 6.46. The molecular weight excluding hydrogens is 282 g/mol. The number of nitrogens with zero attached hydrogens (tertiary/aromatic N) is 3. The van der Waals surface area contributed by atoms with E-state index in [1.807, 2.05) is 0 Å². The van der Waals surface area contributed by atoms with Crippen LogP contribution in [0.2, 0.25) is 0 Å². The molecule has 0 heterocycles. The number of benzene rings is 1. The average Bonchev–Trinajstić information content (AvgIpc) is 2.42. The summed E-state index contributed by atoms with van der Waals surface area (Å²) < 4.78 is 4.43. The first-order valence-corrected chi connectivity index (χ1v) is 5.67. The van der Waals surface area contributed by atoms with E-state index in [0.29, 0.717) is 0 Å². The highest BCUT2D eigenvalue weighted by Crippen LogP contribution is 2.32. The van der Waals surface area contributed by atoms with Crippen molar-refractivity contribution in [2.75, 3.05) is 21.2 Å². The molecule has 0 saturated heterocycles. The molecule has 0 atom stereocenters. The topological polar surface area (TPSA) is 116 Å². The van der Waals surface area contributed by atoms with Gasteiger partial charge < -0.3 is 9.64 Å². The number of carbonyl (C=O) groups is 1. The molecule has 0 fully saturated rings. The second-order valence-electron chi connectivity index (χ2n) is 4.21. The van der Waals surface area contributed by atoms with Gasteiger partial charge in [0.25, 0.3) is 11.4 Å². The fourth-order valence-corrected chi connectivity index (χ4v) is 1.56. The Bertz CT molecular complexity index is 588. The Hall–Kier alpha value is -2.97. The zero-order valence-corrected chi connectivity index (χ0v) is 11.6. The SMILES string of the molecule is COC(=O)c1cc([N+](=O)[O-])c(C=CN(C)C)c([N+](=O)[O-])c1. The van der Waals surface area contributed by atoms with Gasteiger partial charge in [-0.3, -0.25) is 20.2 Å². The van der Waals surface area contributed by atoms with Crippen molar-refractivity contribution in [3.63, 3.8) is 0 Å². The lowest BCUT2D eigenvalue weighted by molar-refractivity contribution is -0.394. The van der Waals surface area contributed by atoms with Crippen molar-refractivity contribution in [3.05, 3.63) is 49.7 Å². The van der Waals surface area contributed by atoms with Crippen molar-refractivity contribution in [1.82, 2.24) is 4.90 Å². The van der Waals surface area contributed by atoms with Crippen LogP contribution in [0.1, 0.15) is 15.9 Å². The van der Waals surface area contributed by atoms with Crippen molar-refractivity contribution in [2.24, 2.45) is 0 Å². The molecule has 0 radical (unpaired) electrons. The molecule has 21 heavy (non-hydrogen) atoms. The summed E-state index contributed by atoms with van der Waals surface area (Å²) in [6, 6.07) is 1.91. The van der Waals surface area contributed by atoms with Gasteiger partial charge in [-0.15, -0.1) is 0 Å².